The number of methoxy groups -OCH3 is 2. The van der Waals surface area contributed by atoms with E-state index in [0.29, 0.717) is 0 Å². The van der Waals surface area contributed by atoms with Crippen molar-refractivity contribution in [3.05, 3.63) is 35.9 Å². The first-order valence-corrected chi connectivity index (χ1v) is 4.80. The minimum absolute atomic E-state index is 0. The first kappa shape index (κ1) is 16.5. The van der Waals surface area contributed by atoms with Crippen molar-refractivity contribution in [2.45, 2.75) is 6.92 Å². The Labute approximate surface area is 128 Å². The molecule has 0 aliphatic carbocycles. The van der Waals surface area contributed by atoms with Crippen LogP contribution >= 0.6 is 0 Å². The van der Waals surface area contributed by atoms with Gasteiger partial charge in [0, 0.05) is 11.5 Å². The maximum Gasteiger partial charge on any atom is 2.00 e. The maximum absolute atomic E-state index is 5.37. The molecule has 4 heteroatoms. The first-order chi connectivity index (χ1) is 7.27. The molecule has 86 valence electrons. The van der Waals surface area contributed by atoms with Crippen LogP contribution in [0.4, 0.5) is 0 Å². The Bertz CT molecular complexity index is 500. The van der Waals surface area contributed by atoms with E-state index in [2.05, 4.69) is 6.07 Å². The number of rotatable bonds is 2. The van der Waals surface area contributed by atoms with Crippen molar-refractivity contribution < 1.29 is 26.5 Å². The number of hydrogen-bond acceptors (Lipinski definition) is 2. The average Bonchev–Trinajstić information content (AvgIpc) is 2.28. The van der Waals surface area contributed by atoms with E-state index >= 15 is 0 Å². The summed E-state index contributed by atoms with van der Waals surface area (Å²) in [5.74, 6) is 1.63. The molecule has 0 aliphatic heterocycles. The zero-order valence-electron chi connectivity index (χ0n) is 10.2. The normalized spacial score (nSPS) is 9.12. The van der Waals surface area contributed by atoms with Crippen molar-refractivity contribution in [1.29, 1.82) is 0 Å². The van der Waals surface area contributed by atoms with Gasteiger partial charge in [-0.05, 0) is 0 Å². The van der Waals surface area contributed by atoms with E-state index in [1.165, 1.54) is 0 Å². The van der Waals surface area contributed by atoms with Crippen LogP contribution < -0.4 is 26.5 Å². The van der Waals surface area contributed by atoms with E-state index in [-0.39, 0.29) is 40.0 Å². The molecule has 0 aromatic heterocycles. The third-order valence-corrected chi connectivity index (χ3v) is 2.47. The molecule has 0 unspecified atom stereocenters. The molecule has 2 aromatic rings. The molecule has 2 aromatic carbocycles. The number of benzene rings is 2. The van der Waals surface area contributed by atoms with Gasteiger partial charge >= 0.3 is 23.1 Å². The molecule has 0 fully saturated rings. The molecule has 0 saturated heterocycles. The van der Waals surface area contributed by atoms with Crippen molar-refractivity contribution in [2.24, 2.45) is 0 Å². The summed E-state index contributed by atoms with van der Waals surface area (Å²) in [7, 11) is 3.33. The van der Waals surface area contributed by atoms with Crippen LogP contribution in [-0.4, -0.2) is 37.3 Å². The van der Waals surface area contributed by atoms with Crippen LogP contribution in [0.15, 0.2) is 24.3 Å². The first-order valence-electron chi connectivity index (χ1n) is 4.80. The largest absolute Gasteiger partial charge is 2.00 e. The van der Waals surface area contributed by atoms with Gasteiger partial charge in [-0.2, -0.15) is 0 Å². The van der Waals surface area contributed by atoms with Crippen molar-refractivity contribution in [2.75, 3.05) is 14.2 Å². The predicted octanol–water partition coefficient (Wildman–Crippen LogP) is -0.411. The van der Waals surface area contributed by atoms with Gasteiger partial charge in [0.25, 0.3) is 0 Å². The van der Waals surface area contributed by atoms with Crippen LogP contribution in [0, 0.1) is 13.0 Å². The summed E-state index contributed by atoms with van der Waals surface area (Å²) in [6.07, 6.45) is 0. The molecule has 0 amide bonds. The van der Waals surface area contributed by atoms with Gasteiger partial charge in [-0.15, -0.1) is 17.7 Å². The summed E-state index contributed by atoms with van der Waals surface area (Å²) < 4.78 is 10.7. The van der Waals surface area contributed by atoms with Gasteiger partial charge in [0.2, 0.25) is 0 Å². The molecule has 0 radical (unpaired) electrons. The van der Waals surface area contributed by atoms with E-state index in [1.54, 1.807) is 14.2 Å². The van der Waals surface area contributed by atoms with Crippen LogP contribution in [0.2, 0.25) is 0 Å². The Hall–Kier alpha value is -0.454. The summed E-state index contributed by atoms with van der Waals surface area (Å²) >= 11 is 0. The fraction of sp³-hybridized carbons (Fsp3) is 0.231. The minimum atomic E-state index is 0. The average molecular weight is 305 g/mol. The third kappa shape index (κ3) is 3.06. The Kier molecular flexibility index (Phi) is 6.90. The van der Waals surface area contributed by atoms with Gasteiger partial charge in [0.1, 0.15) is 0 Å². The number of hydrogen-bond donors (Lipinski definition) is 0. The van der Waals surface area contributed by atoms with E-state index in [4.69, 9.17) is 9.47 Å². The molecule has 0 N–H and O–H groups in total. The van der Waals surface area contributed by atoms with Crippen LogP contribution in [-0.2, 0) is 0 Å². The second-order valence-corrected chi connectivity index (χ2v) is 3.36. The van der Waals surface area contributed by atoms with E-state index < -0.39 is 0 Å². The summed E-state index contributed by atoms with van der Waals surface area (Å²) in [6.45, 7) is 1.97. The number of aryl methyl sites for hydroxylation is 1. The zero-order chi connectivity index (χ0) is 10.8. The topological polar surface area (TPSA) is 18.5 Å². The SMILES string of the molecule is COc1[c-]c(C)c(OC)c2ccccc12.[Br-].[Mg+2]. The monoisotopic (exact) mass is 304 g/mol. The number of ether oxygens (including phenoxy) is 2. The van der Waals surface area contributed by atoms with Crippen molar-refractivity contribution in [3.8, 4) is 11.5 Å². The quantitative estimate of drug-likeness (QED) is 0.555. The van der Waals surface area contributed by atoms with Crippen molar-refractivity contribution in [3.63, 3.8) is 0 Å². The fourth-order valence-corrected chi connectivity index (χ4v) is 1.80. The van der Waals surface area contributed by atoms with Crippen molar-refractivity contribution >= 4 is 33.8 Å². The molecular weight excluding hydrogens is 292 g/mol. The van der Waals surface area contributed by atoms with Crippen LogP contribution in [0.3, 0.4) is 0 Å². The minimum Gasteiger partial charge on any atom is -1.00 e. The molecule has 2 nitrogen and oxygen atoms in total. The van der Waals surface area contributed by atoms with Gasteiger partial charge in [-0.3, -0.25) is 0 Å². The Balaban J connectivity index is 0.00000128. The van der Waals surface area contributed by atoms with E-state index in [1.807, 2.05) is 31.2 Å². The van der Waals surface area contributed by atoms with Gasteiger partial charge in [0.15, 0.2) is 0 Å². The summed E-state index contributed by atoms with van der Waals surface area (Å²) in [4.78, 5) is 0. The molecule has 0 spiro atoms. The standard InChI is InChI=1S/C13H13O2.BrH.Mg/c1-9-8-12(14-2)10-6-4-5-7-11(10)13(9)15-3;;/h4-7H,1-3H3;1H;/q-1;;+2/p-1. The van der Waals surface area contributed by atoms with Gasteiger partial charge in [0.05, 0.1) is 14.2 Å². The summed E-state index contributed by atoms with van der Waals surface area (Å²) in [5.41, 5.74) is 0.966. The van der Waals surface area contributed by atoms with E-state index in [9.17, 15) is 0 Å². The Morgan fingerprint density at radius 3 is 2.12 bits per heavy atom. The van der Waals surface area contributed by atoms with Gasteiger partial charge in [-0.25, -0.2) is 0 Å². The van der Waals surface area contributed by atoms with Crippen LogP contribution in [0.1, 0.15) is 5.56 Å². The molecular formula is C13H13BrMgO2. The molecule has 0 aliphatic rings. The van der Waals surface area contributed by atoms with Crippen molar-refractivity contribution in [1.82, 2.24) is 0 Å². The second kappa shape index (κ2) is 7.09. The van der Waals surface area contributed by atoms with Gasteiger partial charge in [-0.1, -0.05) is 35.9 Å². The Morgan fingerprint density at radius 2 is 1.59 bits per heavy atom. The zero-order valence-corrected chi connectivity index (χ0v) is 13.2. The molecule has 0 bridgehead atoms. The third-order valence-electron chi connectivity index (χ3n) is 2.47. The summed E-state index contributed by atoms with van der Waals surface area (Å²) in [5, 5.41) is 2.09. The molecule has 17 heavy (non-hydrogen) atoms. The molecule has 0 heterocycles. The van der Waals surface area contributed by atoms with Crippen LogP contribution in [0.5, 0.6) is 11.5 Å². The molecule has 0 atom stereocenters. The molecule has 0 saturated carbocycles. The smallest absolute Gasteiger partial charge is 1.00 e. The van der Waals surface area contributed by atoms with E-state index in [0.717, 1.165) is 27.8 Å². The predicted molar refractivity (Wildman–Crippen MR) is 66.4 cm³/mol. The molecule has 2 rings (SSSR count). The van der Waals surface area contributed by atoms with Gasteiger partial charge < -0.3 is 26.5 Å². The van der Waals surface area contributed by atoms with Crippen LogP contribution in [0.25, 0.3) is 10.8 Å². The maximum atomic E-state index is 5.37. The second-order valence-electron chi connectivity index (χ2n) is 3.36. The number of halogens is 1. The fourth-order valence-electron chi connectivity index (χ4n) is 1.80. The Morgan fingerprint density at radius 1 is 1.00 bits per heavy atom. The number of fused-ring (bicyclic) bond motifs is 1. The summed E-state index contributed by atoms with van der Waals surface area (Å²) in [6, 6.07) is 11.2.